The zero-order chi connectivity index (χ0) is 24.9. The Labute approximate surface area is 210 Å². The molecule has 1 fully saturated rings. The first-order valence-corrected chi connectivity index (χ1v) is 13.1. The van der Waals surface area contributed by atoms with E-state index in [1.165, 1.54) is 6.42 Å². The Balaban J connectivity index is 1.40. The Hall–Kier alpha value is -2.58. The van der Waals surface area contributed by atoms with Crippen LogP contribution in [0.15, 0.2) is 21.9 Å². The van der Waals surface area contributed by atoms with Gasteiger partial charge in [-0.15, -0.1) is 0 Å². The van der Waals surface area contributed by atoms with Crippen LogP contribution >= 0.6 is 11.6 Å². The van der Waals surface area contributed by atoms with Crippen molar-refractivity contribution in [2.24, 2.45) is 4.99 Å². The highest BCUT2D eigenvalue weighted by Gasteiger charge is 2.25. The largest absolute Gasteiger partial charge is 0.489 e. The van der Waals surface area contributed by atoms with Crippen molar-refractivity contribution in [1.82, 2.24) is 14.6 Å². The number of rotatable bonds is 10. The molecule has 2 heterocycles. The molecule has 0 saturated heterocycles. The highest BCUT2D eigenvalue weighted by Crippen LogP contribution is 2.37. The zero-order valence-corrected chi connectivity index (χ0v) is 21.1. The third-order valence-corrected chi connectivity index (χ3v) is 7.48. The van der Waals surface area contributed by atoms with E-state index in [1.807, 2.05) is 12.1 Å². The topological polar surface area (TPSA) is 99.9 Å². The van der Waals surface area contributed by atoms with E-state index in [0.717, 1.165) is 55.6 Å². The molecule has 8 nitrogen and oxygen atoms in total. The summed E-state index contributed by atoms with van der Waals surface area (Å²) in [6, 6.07) is 3.62. The van der Waals surface area contributed by atoms with E-state index in [4.69, 9.17) is 16.3 Å². The molecule has 1 aliphatic heterocycles. The van der Waals surface area contributed by atoms with Gasteiger partial charge < -0.3 is 9.30 Å². The number of hydrogen-bond donors (Lipinski definition) is 2. The number of ether oxygens (including phenoxy) is 1. The second-order valence-corrected chi connectivity index (χ2v) is 9.98. The highest BCUT2D eigenvalue weighted by molar-refractivity contribution is 6.33. The lowest BCUT2D eigenvalue weighted by Crippen LogP contribution is -2.38. The van der Waals surface area contributed by atoms with Gasteiger partial charge in [-0.2, -0.15) is 0 Å². The molecule has 1 saturated carbocycles. The minimum absolute atomic E-state index is 0.0435. The number of hydroxylamine groups is 2. The van der Waals surface area contributed by atoms with Gasteiger partial charge in [-0.25, -0.2) is 10.1 Å². The number of fused-ring (bicyclic) bond motifs is 2. The maximum atomic E-state index is 12.5. The summed E-state index contributed by atoms with van der Waals surface area (Å²) in [5.74, 6) is 0.368. The molecular weight excluding hydrogens is 468 g/mol. The van der Waals surface area contributed by atoms with E-state index in [0.29, 0.717) is 53.2 Å². The van der Waals surface area contributed by atoms with Crippen molar-refractivity contribution < 1.29 is 14.7 Å². The number of H-pyrrole nitrogens is 1. The van der Waals surface area contributed by atoms with E-state index in [1.54, 1.807) is 4.57 Å². The van der Waals surface area contributed by atoms with Crippen LogP contribution < -0.4 is 21.3 Å². The smallest absolute Gasteiger partial charge is 0.274 e. The summed E-state index contributed by atoms with van der Waals surface area (Å²) < 4.78 is 8.06. The third kappa shape index (κ3) is 5.81. The monoisotopic (exact) mass is 502 g/mol. The number of unbranched alkanes of at least 4 members (excludes halogenated alkanes) is 1. The first-order chi connectivity index (χ1) is 16.9. The molecule has 2 N–H and O–H groups in total. The lowest BCUT2D eigenvalue weighted by atomic mass is 9.95. The minimum Gasteiger partial charge on any atom is -0.489 e. The summed E-state index contributed by atoms with van der Waals surface area (Å²) in [6.45, 7) is 6.35. The van der Waals surface area contributed by atoms with Crippen molar-refractivity contribution in [3.8, 4) is 5.75 Å². The molecule has 1 amide bonds. The molecule has 2 aliphatic rings. The number of aromatic amines is 1. The van der Waals surface area contributed by atoms with Gasteiger partial charge in [0.15, 0.2) is 0 Å². The van der Waals surface area contributed by atoms with Gasteiger partial charge in [-0.1, -0.05) is 57.2 Å². The van der Waals surface area contributed by atoms with Crippen molar-refractivity contribution in [1.29, 1.82) is 0 Å². The predicted molar refractivity (Wildman–Crippen MR) is 135 cm³/mol. The minimum atomic E-state index is -0.261. The molecule has 35 heavy (non-hydrogen) atoms. The van der Waals surface area contributed by atoms with E-state index in [9.17, 15) is 14.8 Å². The molecule has 9 heteroatoms. The first-order valence-electron chi connectivity index (χ1n) is 12.7. The number of carbonyl (C=O) groups excluding carboxylic acids is 1. The van der Waals surface area contributed by atoms with Crippen LogP contribution in [0.1, 0.15) is 83.1 Å². The quantitative estimate of drug-likeness (QED) is 0.320. The number of imidazole rings is 1. The lowest BCUT2D eigenvalue weighted by molar-refractivity contribution is -0.178. The van der Waals surface area contributed by atoms with Crippen molar-refractivity contribution in [2.45, 2.75) is 96.2 Å². The fraction of sp³-hybridized carbons (Fsp3) is 0.577. The van der Waals surface area contributed by atoms with Gasteiger partial charge in [-0.3, -0.25) is 19.8 Å². The van der Waals surface area contributed by atoms with Gasteiger partial charge in [0.25, 0.3) is 5.56 Å². The fourth-order valence-electron chi connectivity index (χ4n) is 4.96. The lowest BCUT2D eigenvalue weighted by Gasteiger charge is -2.29. The molecule has 1 unspecified atom stereocenters. The second kappa shape index (κ2) is 11.4. The molecule has 1 aromatic heterocycles. The van der Waals surface area contributed by atoms with Crippen LogP contribution in [0.25, 0.3) is 6.58 Å². The van der Waals surface area contributed by atoms with Crippen molar-refractivity contribution >= 4 is 29.8 Å². The van der Waals surface area contributed by atoms with Crippen LogP contribution in [-0.4, -0.2) is 37.9 Å². The standard InChI is InChI=1S/C26H35ClN4O4/c1-3-4-11-19(12-8-13-23(32)31(34)18-9-6-5-7-10-18)35-22-15-14-21-20(24(22)27)16-30-17(2)25(33)29-26(30)28-21/h14-15,18-19,34H,2-13,16H2,1H3,(H,28,29,33). The van der Waals surface area contributed by atoms with Crippen LogP contribution in [0.4, 0.5) is 5.69 Å². The SMILES string of the molecule is C=c1c(=O)[nH]c2n1Cc1c(ccc(OC(CCCC)CCCC(=O)N(O)C3CCCCC3)c1Cl)N=2. The Morgan fingerprint density at radius 1 is 1.31 bits per heavy atom. The van der Waals surface area contributed by atoms with Crippen molar-refractivity contribution in [2.75, 3.05) is 0 Å². The molecule has 0 radical (unpaired) electrons. The number of hydrogen-bond acceptors (Lipinski definition) is 5. The molecule has 1 aromatic carbocycles. The number of nitrogens with zero attached hydrogens (tertiary/aromatic N) is 3. The fourth-order valence-corrected chi connectivity index (χ4v) is 5.22. The van der Waals surface area contributed by atoms with Crippen LogP contribution in [0.2, 0.25) is 5.02 Å². The number of aromatic nitrogens is 2. The summed E-state index contributed by atoms with van der Waals surface area (Å²) >= 11 is 6.74. The van der Waals surface area contributed by atoms with Gasteiger partial charge in [0.1, 0.15) is 11.1 Å². The average molecular weight is 503 g/mol. The van der Waals surface area contributed by atoms with Crippen LogP contribution in [-0.2, 0) is 11.3 Å². The highest BCUT2D eigenvalue weighted by atomic mass is 35.5. The first kappa shape index (κ1) is 25.5. The van der Waals surface area contributed by atoms with Crippen LogP contribution in [0, 0.1) is 0 Å². The summed E-state index contributed by atoms with van der Waals surface area (Å²) in [7, 11) is 0. The summed E-state index contributed by atoms with van der Waals surface area (Å²) in [6.07, 6.45) is 9.49. The number of benzene rings is 1. The van der Waals surface area contributed by atoms with E-state index in [2.05, 4.69) is 23.5 Å². The Morgan fingerprint density at radius 3 is 2.80 bits per heavy atom. The molecule has 190 valence electrons. The van der Waals surface area contributed by atoms with Crippen molar-refractivity contribution in [3.05, 3.63) is 44.0 Å². The van der Waals surface area contributed by atoms with Crippen LogP contribution in [0.3, 0.4) is 0 Å². The molecule has 2 aromatic rings. The molecule has 4 rings (SSSR count). The van der Waals surface area contributed by atoms with Crippen molar-refractivity contribution in [3.63, 3.8) is 0 Å². The Bertz CT molecular complexity index is 1220. The Kier molecular flexibility index (Phi) is 8.34. The third-order valence-electron chi connectivity index (χ3n) is 7.06. The summed E-state index contributed by atoms with van der Waals surface area (Å²) in [5, 5.41) is 12.1. The van der Waals surface area contributed by atoms with E-state index < -0.39 is 0 Å². The maximum absolute atomic E-state index is 12.5. The average Bonchev–Trinajstić information content (AvgIpc) is 3.15. The molecule has 0 bridgehead atoms. The van der Waals surface area contributed by atoms with Crippen LogP contribution in [0.5, 0.6) is 5.75 Å². The zero-order valence-electron chi connectivity index (χ0n) is 20.4. The summed E-state index contributed by atoms with van der Waals surface area (Å²) in [4.78, 5) is 31.7. The van der Waals surface area contributed by atoms with Gasteiger partial charge in [-0.05, 0) is 44.2 Å². The molecule has 0 spiro atoms. The molecule has 1 aliphatic carbocycles. The normalized spacial score (nSPS) is 16.2. The van der Waals surface area contributed by atoms with Gasteiger partial charge in [0, 0.05) is 12.0 Å². The number of carbonyl (C=O) groups is 1. The predicted octanol–water partition coefficient (Wildman–Crippen LogP) is 4.21. The van der Waals surface area contributed by atoms with E-state index >= 15 is 0 Å². The van der Waals surface area contributed by atoms with E-state index in [-0.39, 0.29) is 23.6 Å². The number of halogens is 1. The Morgan fingerprint density at radius 2 is 2.06 bits per heavy atom. The maximum Gasteiger partial charge on any atom is 0.274 e. The summed E-state index contributed by atoms with van der Waals surface area (Å²) in [5.41, 5.74) is 1.69. The number of amides is 1. The molecular formula is C26H35ClN4O4. The molecule has 1 atom stereocenters. The van der Waals surface area contributed by atoms with Gasteiger partial charge in [0.2, 0.25) is 11.5 Å². The van der Waals surface area contributed by atoms with Gasteiger partial charge in [0.05, 0.1) is 29.4 Å². The van der Waals surface area contributed by atoms with Gasteiger partial charge >= 0.3 is 0 Å². The number of nitrogens with one attached hydrogen (secondary N) is 1. The second-order valence-electron chi connectivity index (χ2n) is 9.60.